The highest BCUT2D eigenvalue weighted by Gasteiger charge is 2.41. The molecular weight excluding hydrogens is 248 g/mol. The lowest BCUT2D eigenvalue weighted by Crippen LogP contribution is -2.37. The monoisotopic (exact) mass is 266 g/mol. The summed E-state index contributed by atoms with van der Waals surface area (Å²) in [6.45, 7) is 1.91. The molecule has 0 atom stereocenters. The van der Waals surface area contributed by atoms with Crippen molar-refractivity contribution in [2.75, 3.05) is 20.3 Å². The van der Waals surface area contributed by atoms with E-state index in [9.17, 15) is 4.79 Å². The minimum absolute atomic E-state index is 0.209. The van der Waals surface area contributed by atoms with Crippen LogP contribution in [-0.2, 0) is 38.4 Å². The third-order valence-electron chi connectivity index (χ3n) is 3.81. The van der Waals surface area contributed by atoms with Crippen LogP contribution >= 0.6 is 0 Å². The van der Waals surface area contributed by atoms with Gasteiger partial charge in [0.05, 0.1) is 39.5 Å². The molecule has 3 rings (SSSR count). The second-order valence-corrected chi connectivity index (χ2v) is 4.95. The van der Waals surface area contributed by atoms with E-state index < -0.39 is 5.79 Å². The Kier molecular flexibility index (Phi) is 3.28. The van der Waals surface area contributed by atoms with E-state index in [1.54, 1.807) is 0 Å². The molecule has 1 saturated heterocycles. The molecule has 19 heavy (non-hydrogen) atoms. The van der Waals surface area contributed by atoms with Gasteiger partial charge in [0.25, 0.3) is 0 Å². The number of nitrogens with zero attached hydrogens (tertiary/aromatic N) is 2. The van der Waals surface area contributed by atoms with Gasteiger partial charge in [-0.1, -0.05) is 0 Å². The zero-order valence-corrected chi connectivity index (χ0v) is 11.1. The number of ether oxygens (including phenoxy) is 3. The van der Waals surface area contributed by atoms with Gasteiger partial charge in [-0.3, -0.25) is 9.48 Å². The summed E-state index contributed by atoms with van der Waals surface area (Å²) in [7, 11) is 1.40. The fraction of sp³-hybridized carbons (Fsp3) is 0.692. The van der Waals surface area contributed by atoms with Gasteiger partial charge in [0.1, 0.15) is 0 Å². The fourth-order valence-electron chi connectivity index (χ4n) is 2.81. The lowest BCUT2D eigenvalue weighted by atomic mass is 9.92. The number of rotatable bonds is 3. The molecule has 0 unspecified atom stereocenters. The molecule has 6 nitrogen and oxygen atoms in total. The van der Waals surface area contributed by atoms with Crippen LogP contribution in [0.15, 0.2) is 6.20 Å². The van der Waals surface area contributed by atoms with Crippen molar-refractivity contribution < 1.29 is 19.0 Å². The fourth-order valence-corrected chi connectivity index (χ4v) is 2.81. The Morgan fingerprint density at radius 3 is 3.05 bits per heavy atom. The standard InChI is InChI=1S/C13H18N2O4/c1-17-12(16)3-5-15-11-2-4-13(18-6-7-19-13)8-10(11)9-14-15/h9H,2-8H2,1H3. The van der Waals surface area contributed by atoms with Crippen LogP contribution in [0.1, 0.15) is 24.1 Å². The largest absolute Gasteiger partial charge is 0.469 e. The maximum Gasteiger partial charge on any atom is 0.307 e. The first kappa shape index (κ1) is 12.6. The molecule has 1 aliphatic carbocycles. The maximum atomic E-state index is 11.2. The maximum absolute atomic E-state index is 11.2. The third-order valence-corrected chi connectivity index (χ3v) is 3.81. The van der Waals surface area contributed by atoms with Crippen LogP contribution in [0, 0.1) is 0 Å². The van der Waals surface area contributed by atoms with Gasteiger partial charge in [-0.15, -0.1) is 0 Å². The molecule has 1 aromatic rings. The van der Waals surface area contributed by atoms with Crippen molar-refractivity contribution in [3.63, 3.8) is 0 Å². The molecule has 1 aromatic heterocycles. The summed E-state index contributed by atoms with van der Waals surface area (Å²) in [5, 5.41) is 4.36. The zero-order chi connectivity index (χ0) is 13.3. The highest BCUT2D eigenvalue weighted by molar-refractivity contribution is 5.68. The van der Waals surface area contributed by atoms with Crippen LogP contribution < -0.4 is 0 Å². The van der Waals surface area contributed by atoms with Crippen LogP contribution in [0.2, 0.25) is 0 Å². The minimum atomic E-state index is -0.427. The van der Waals surface area contributed by atoms with E-state index in [1.807, 2.05) is 10.9 Å². The second-order valence-electron chi connectivity index (χ2n) is 4.95. The average Bonchev–Trinajstić information content (AvgIpc) is 3.03. The molecule has 0 radical (unpaired) electrons. The summed E-state index contributed by atoms with van der Waals surface area (Å²) in [6.07, 6.45) is 4.68. The summed E-state index contributed by atoms with van der Waals surface area (Å²) in [5.74, 6) is -0.637. The Morgan fingerprint density at radius 2 is 2.32 bits per heavy atom. The Balaban J connectivity index is 1.71. The van der Waals surface area contributed by atoms with Crippen molar-refractivity contribution >= 4 is 5.97 Å². The molecule has 1 fully saturated rings. The Bertz CT molecular complexity index is 477. The first-order valence-electron chi connectivity index (χ1n) is 6.61. The van der Waals surface area contributed by atoms with Gasteiger partial charge < -0.3 is 14.2 Å². The van der Waals surface area contributed by atoms with Crippen molar-refractivity contribution in [1.29, 1.82) is 0 Å². The van der Waals surface area contributed by atoms with Crippen molar-refractivity contribution in [2.45, 2.75) is 38.0 Å². The van der Waals surface area contributed by atoms with E-state index in [0.29, 0.717) is 26.2 Å². The predicted octanol–water partition coefficient (Wildman–Crippen LogP) is 0.678. The number of methoxy groups -OCH3 is 1. The molecule has 0 saturated carbocycles. The van der Waals surface area contributed by atoms with Gasteiger partial charge in [-0.2, -0.15) is 5.10 Å². The normalized spacial score (nSPS) is 20.5. The highest BCUT2D eigenvalue weighted by Crippen LogP contribution is 2.35. The third kappa shape index (κ3) is 2.37. The summed E-state index contributed by atoms with van der Waals surface area (Å²) in [6, 6.07) is 0. The number of aryl methyl sites for hydroxylation is 1. The van der Waals surface area contributed by atoms with Gasteiger partial charge in [0.2, 0.25) is 0 Å². The van der Waals surface area contributed by atoms with Crippen LogP contribution in [0.25, 0.3) is 0 Å². The molecule has 1 aliphatic heterocycles. The number of carbonyl (C=O) groups excluding carboxylic acids is 1. The number of esters is 1. The second kappa shape index (κ2) is 4.94. The predicted molar refractivity (Wildman–Crippen MR) is 65.5 cm³/mol. The van der Waals surface area contributed by atoms with Gasteiger partial charge in [0, 0.05) is 18.5 Å². The number of carbonyl (C=O) groups is 1. The van der Waals surface area contributed by atoms with Crippen molar-refractivity contribution in [3.05, 3.63) is 17.5 Å². The lowest BCUT2D eigenvalue weighted by Gasteiger charge is -2.31. The Morgan fingerprint density at radius 1 is 1.53 bits per heavy atom. The van der Waals surface area contributed by atoms with Crippen molar-refractivity contribution in [3.8, 4) is 0 Å². The quantitative estimate of drug-likeness (QED) is 0.753. The Hall–Kier alpha value is -1.40. The molecule has 0 bridgehead atoms. The van der Waals surface area contributed by atoms with E-state index in [4.69, 9.17) is 9.47 Å². The molecule has 1 spiro atoms. The summed E-state index contributed by atoms with van der Waals surface area (Å²) < 4.78 is 18.0. The van der Waals surface area contributed by atoms with Gasteiger partial charge in [-0.25, -0.2) is 0 Å². The van der Waals surface area contributed by atoms with E-state index in [0.717, 1.165) is 24.8 Å². The molecule has 6 heteroatoms. The summed E-state index contributed by atoms with van der Waals surface area (Å²) in [5.41, 5.74) is 2.35. The molecular formula is C13H18N2O4. The van der Waals surface area contributed by atoms with E-state index in [2.05, 4.69) is 9.84 Å². The first-order valence-corrected chi connectivity index (χ1v) is 6.61. The lowest BCUT2D eigenvalue weighted by molar-refractivity contribution is -0.164. The SMILES string of the molecule is COC(=O)CCn1ncc2c1CCC1(C2)OCCO1. The Labute approximate surface area is 111 Å². The van der Waals surface area contributed by atoms with Crippen LogP contribution in [-0.4, -0.2) is 41.9 Å². The summed E-state index contributed by atoms with van der Waals surface area (Å²) in [4.78, 5) is 11.2. The topological polar surface area (TPSA) is 62.6 Å². The minimum Gasteiger partial charge on any atom is -0.469 e. The van der Waals surface area contributed by atoms with E-state index in [-0.39, 0.29) is 5.97 Å². The first-order chi connectivity index (χ1) is 9.22. The van der Waals surface area contributed by atoms with Crippen LogP contribution in [0.4, 0.5) is 0 Å². The van der Waals surface area contributed by atoms with Crippen LogP contribution in [0.3, 0.4) is 0 Å². The molecule has 2 heterocycles. The number of fused-ring (bicyclic) bond motifs is 1. The number of aromatic nitrogens is 2. The summed E-state index contributed by atoms with van der Waals surface area (Å²) >= 11 is 0. The van der Waals surface area contributed by atoms with E-state index in [1.165, 1.54) is 12.8 Å². The molecule has 2 aliphatic rings. The van der Waals surface area contributed by atoms with Crippen LogP contribution in [0.5, 0.6) is 0 Å². The molecule has 0 aromatic carbocycles. The van der Waals surface area contributed by atoms with Crippen molar-refractivity contribution in [2.24, 2.45) is 0 Å². The number of hydrogen-bond acceptors (Lipinski definition) is 5. The number of hydrogen-bond donors (Lipinski definition) is 0. The highest BCUT2D eigenvalue weighted by atomic mass is 16.7. The average molecular weight is 266 g/mol. The zero-order valence-electron chi connectivity index (χ0n) is 11.1. The van der Waals surface area contributed by atoms with Crippen molar-refractivity contribution in [1.82, 2.24) is 9.78 Å². The molecule has 104 valence electrons. The molecule has 0 N–H and O–H groups in total. The smallest absolute Gasteiger partial charge is 0.307 e. The van der Waals surface area contributed by atoms with Gasteiger partial charge >= 0.3 is 5.97 Å². The molecule has 0 amide bonds. The van der Waals surface area contributed by atoms with Gasteiger partial charge in [0.15, 0.2) is 5.79 Å². The van der Waals surface area contributed by atoms with E-state index >= 15 is 0 Å². The van der Waals surface area contributed by atoms with Gasteiger partial charge in [-0.05, 0) is 12.0 Å².